The van der Waals surface area contributed by atoms with E-state index in [4.69, 9.17) is 0 Å². The van der Waals surface area contributed by atoms with Gasteiger partial charge in [0.05, 0.1) is 6.54 Å². The van der Waals surface area contributed by atoms with Crippen LogP contribution < -0.4 is 0 Å². The second-order valence-corrected chi connectivity index (χ2v) is 3.30. The summed E-state index contributed by atoms with van der Waals surface area (Å²) in [4.78, 5) is 13.0. The lowest BCUT2D eigenvalue weighted by molar-refractivity contribution is -0.116. The fraction of sp³-hybridized carbons (Fsp3) is 0.625. The first-order valence-electron chi connectivity index (χ1n) is 4.28. The van der Waals surface area contributed by atoms with Crippen molar-refractivity contribution in [2.75, 3.05) is 13.1 Å². The molecule has 1 aliphatic heterocycles. The minimum Gasteiger partial charge on any atom is -0.298 e. The standard InChI is InChI=1S/C8H11N3O2/c1-6-8(10-13-9-6)5-11-3-2-7(12)4-11/h2-5H2,1H3. The molecule has 0 radical (unpaired) electrons. The molecule has 2 heterocycles. The number of carbonyl (C=O) groups is 1. The highest BCUT2D eigenvalue weighted by Crippen LogP contribution is 2.10. The molecule has 0 amide bonds. The van der Waals surface area contributed by atoms with Gasteiger partial charge in [0.2, 0.25) is 0 Å². The van der Waals surface area contributed by atoms with Crippen LogP contribution in [-0.4, -0.2) is 34.1 Å². The van der Waals surface area contributed by atoms with Gasteiger partial charge in [0, 0.05) is 19.5 Å². The van der Waals surface area contributed by atoms with Gasteiger partial charge in [-0.2, -0.15) is 0 Å². The Bertz CT molecular complexity index is 321. The third-order valence-electron chi connectivity index (χ3n) is 2.23. The lowest BCUT2D eigenvalue weighted by Crippen LogP contribution is -2.20. The topological polar surface area (TPSA) is 59.2 Å². The van der Waals surface area contributed by atoms with Crippen LogP contribution in [0.25, 0.3) is 0 Å². The molecule has 13 heavy (non-hydrogen) atoms. The van der Waals surface area contributed by atoms with Crippen molar-refractivity contribution in [2.24, 2.45) is 0 Å². The van der Waals surface area contributed by atoms with Gasteiger partial charge in [-0.3, -0.25) is 9.69 Å². The van der Waals surface area contributed by atoms with Crippen LogP contribution in [0.1, 0.15) is 17.8 Å². The Kier molecular flexibility index (Phi) is 2.10. The van der Waals surface area contributed by atoms with E-state index in [1.807, 2.05) is 6.92 Å². The molecule has 0 bridgehead atoms. The summed E-state index contributed by atoms with van der Waals surface area (Å²) in [5, 5.41) is 7.45. The molecule has 0 aliphatic carbocycles. The SMILES string of the molecule is Cc1nonc1CN1CCC(=O)C1. The predicted molar refractivity (Wildman–Crippen MR) is 43.9 cm³/mol. The summed E-state index contributed by atoms with van der Waals surface area (Å²) in [6, 6.07) is 0. The van der Waals surface area contributed by atoms with Crippen LogP contribution >= 0.6 is 0 Å². The molecule has 1 aromatic heterocycles. The summed E-state index contributed by atoms with van der Waals surface area (Å²) in [7, 11) is 0. The summed E-state index contributed by atoms with van der Waals surface area (Å²) in [5.41, 5.74) is 1.63. The normalized spacial score (nSPS) is 18.4. The Labute approximate surface area is 75.7 Å². The molecule has 1 fully saturated rings. The highest BCUT2D eigenvalue weighted by Gasteiger charge is 2.21. The van der Waals surface area contributed by atoms with Crippen LogP contribution in [0.3, 0.4) is 0 Å². The van der Waals surface area contributed by atoms with Crippen molar-refractivity contribution in [3.05, 3.63) is 11.4 Å². The molecule has 2 rings (SSSR count). The number of rotatable bonds is 2. The van der Waals surface area contributed by atoms with Gasteiger partial charge in [0.1, 0.15) is 17.2 Å². The fourth-order valence-corrected chi connectivity index (χ4v) is 1.43. The van der Waals surface area contributed by atoms with Crippen molar-refractivity contribution in [1.82, 2.24) is 15.2 Å². The first-order chi connectivity index (χ1) is 6.25. The second-order valence-electron chi connectivity index (χ2n) is 3.30. The van der Waals surface area contributed by atoms with Gasteiger partial charge in [0.15, 0.2) is 0 Å². The van der Waals surface area contributed by atoms with Crippen LogP contribution in [0.2, 0.25) is 0 Å². The molecule has 0 atom stereocenters. The molecule has 0 aromatic carbocycles. The fourth-order valence-electron chi connectivity index (χ4n) is 1.43. The number of hydrogen-bond donors (Lipinski definition) is 0. The van der Waals surface area contributed by atoms with Gasteiger partial charge >= 0.3 is 0 Å². The van der Waals surface area contributed by atoms with Crippen LogP contribution in [0, 0.1) is 6.92 Å². The first-order valence-corrected chi connectivity index (χ1v) is 4.28. The van der Waals surface area contributed by atoms with E-state index in [0.29, 0.717) is 25.3 Å². The molecular weight excluding hydrogens is 170 g/mol. The average molecular weight is 181 g/mol. The molecule has 5 nitrogen and oxygen atoms in total. The largest absolute Gasteiger partial charge is 0.298 e. The maximum atomic E-state index is 11.0. The molecule has 0 spiro atoms. The lowest BCUT2D eigenvalue weighted by Gasteiger charge is -2.10. The Balaban J connectivity index is 1.99. The Morgan fingerprint density at radius 3 is 2.92 bits per heavy atom. The number of likely N-dealkylation sites (tertiary alicyclic amines) is 1. The highest BCUT2D eigenvalue weighted by atomic mass is 16.6. The Morgan fingerprint density at radius 1 is 1.54 bits per heavy atom. The van der Waals surface area contributed by atoms with Crippen LogP contribution in [-0.2, 0) is 11.3 Å². The second kappa shape index (κ2) is 3.26. The van der Waals surface area contributed by atoms with E-state index in [9.17, 15) is 4.79 Å². The van der Waals surface area contributed by atoms with E-state index >= 15 is 0 Å². The smallest absolute Gasteiger partial charge is 0.148 e. The minimum absolute atomic E-state index is 0.300. The molecule has 0 saturated carbocycles. The number of ketones is 1. The van der Waals surface area contributed by atoms with Gasteiger partial charge in [-0.1, -0.05) is 10.3 Å². The summed E-state index contributed by atoms with van der Waals surface area (Å²) in [6.45, 7) is 3.88. The van der Waals surface area contributed by atoms with Crippen LogP contribution in [0.5, 0.6) is 0 Å². The van der Waals surface area contributed by atoms with Gasteiger partial charge in [-0.25, -0.2) is 4.63 Å². The average Bonchev–Trinajstić information content (AvgIpc) is 2.64. The summed E-state index contributed by atoms with van der Waals surface area (Å²) >= 11 is 0. The van der Waals surface area contributed by atoms with Crippen molar-refractivity contribution in [3.8, 4) is 0 Å². The number of aromatic nitrogens is 2. The Hall–Kier alpha value is -1.23. The number of carbonyl (C=O) groups excluding carboxylic acids is 1. The third kappa shape index (κ3) is 1.75. The zero-order valence-electron chi connectivity index (χ0n) is 7.49. The molecule has 70 valence electrons. The maximum absolute atomic E-state index is 11.0. The van der Waals surface area contributed by atoms with Gasteiger partial charge in [-0.05, 0) is 6.92 Å². The van der Waals surface area contributed by atoms with E-state index in [1.54, 1.807) is 0 Å². The van der Waals surface area contributed by atoms with E-state index < -0.39 is 0 Å². The number of aryl methyl sites for hydroxylation is 1. The molecule has 0 N–H and O–H groups in total. The van der Waals surface area contributed by atoms with Gasteiger partial charge in [-0.15, -0.1) is 0 Å². The van der Waals surface area contributed by atoms with Crippen molar-refractivity contribution < 1.29 is 9.42 Å². The first kappa shape index (κ1) is 8.37. The maximum Gasteiger partial charge on any atom is 0.148 e. The van der Waals surface area contributed by atoms with E-state index in [-0.39, 0.29) is 0 Å². The van der Waals surface area contributed by atoms with Crippen molar-refractivity contribution in [1.29, 1.82) is 0 Å². The highest BCUT2D eigenvalue weighted by molar-refractivity contribution is 5.82. The lowest BCUT2D eigenvalue weighted by atomic mass is 10.3. The van der Waals surface area contributed by atoms with E-state index in [2.05, 4.69) is 19.8 Å². The third-order valence-corrected chi connectivity index (χ3v) is 2.23. The molecule has 1 aliphatic rings. The number of Topliss-reactive ketones (excluding diaryl/α,β-unsaturated/α-hetero) is 1. The van der Waals surface area contributed by atoms with E-state index in [0.717, 1.165) is 17.9 Å². The zero-order valence-corrected chi connectivity index (χ0v) is 7.49. The molecule has 0 unspecified atom stereocenters. The summed E-state index contributed by atoms with van der Waals surface area (Å²) in [6.07, 6.45) is 0.657. The minimum atomic E-state index is 0.300. The van der Waals surface area contributed by atoms with Gasteiger partial charge < -0.3 is 0 Å². The predicted octanol–water partition coefficient (Wildman–Crippen LogP) is 0.153. The Morgan fingerprint density at radius 2 is 2.38 bits per heavy atom. The summed E-state index contributed by atoms with van der Waals surface area (Å²) in [5.74, 6) is 0.300. The quantitative estimate of drug-likeness (QED) is 0.650. The molecule has 1 aromatic rings. The van der Waals surface area contributed by atoms with Crippen molar-refractivity contribution in [2.45, 2.75) is 19.9 Å². The molecule has 1 saturated heterocycles. The van der Waals surface area contributed by atoms with Crippen LogP contribution in [0.4, 0.5) is 0 Å². The van der Waals surface area contributed by atoms with E-state index in [1.165, 1.54) is 0 Å². The zero-order chi connectivity index (χ0) is 9.26. The van der Waals surface area contributed by atoms with Crippen molar-refractivity contribution in [3.63, 3.8) is 0 Å². The number of hydrogen-bond acceptors (Lipinski definition) is 5. The molecular formula is C8H11N3O2. The van der Waals surface area contributed by atoms with Crippen LogP contribution in [0.15, 0.2) is 4.63 Å². The monoisotopic (exact) mass is 181 g/mol. The molecule has 5 heteroatoms. The number of nitrogens with zero attached hydrogens (tertiary/aromatic N) is 3. The summed E-state index contributed by atoms with van der Waals surface area (Å²) < 4.78 is 4.57. The van der Waals surface area contributed by atoms with Gasteiger partial charge in [0.25, 0.3) is 0 Å². The van der Waals surface area contributed by atoms with Crippen molar-refractivity contribution >= 4 is 5.78 Å².